The van der Waals surface area contributed by atoms with Crippen molar-refractivity contribution in [1.29, 1.82) is 0 Å². The summed E-state index contributed by atoms with van der Waals surface area (Å²) >= 11 is 1.33. The van der Waals surface area contributed by atoms with Crippen molar-refractivity contribution in [1.82, 2.24) is 4.57 Å². The molecule has 0 bridgehead atoms. The van der Waals surface area contributed by atoms with Crippen molar-refractivity contribution in [3.8, 4) is 17.0 Å². The van der Waals surface area contributed by atoms with E-state index in [0.29, 0.717) is 11.3 Å². The van der Waals surface area contributed by atoms with Gasteiger partial charge in [-0.3, -0.25) is 14.9 Å². The number of amides is 1. The second kappa shape index (κ2) is 8.36. The summed E-state index contributed by atoms with van der Waals surface area (Å²) in [5.74, 6) is -0.850. The zero-order valence-corrected chi connectivity index (χ0v) is 16.8. The summed E-state index contributed by atoms with van der Waals surface area (Å²) < 4.78 is 20.1. The SMILES string of the molecule is CCn1c(-c2ccc(F)cc2)c(C)sc1=NC(=O)c1ccc(OC)c([N+](=O)[O-])c1. The van der Waals surface area contributed by atoms with Crippen molar-refractivity contribution in [2.24, 2.45) is 4.99 Å². The number of carbonyl (C=O) groups is 1. The molecular formula is C20H18FN3O4S. The van der Waals surface area contributed by atoms with Crippen LogP contribution in [0.15, 0.2) is 47.5 Å². The van der Waals surface area contributed by atoms with Crippen LogP contribution in [0.5, 0.6) is 5.75 Å². The van der Waals surface area contributed by atoms with Crippen LogP contribution in [0.4, 0.5) is 10.1 Å². The molecule has 0 aliphatic rings. The van der Waals surface area contributed by atoms with E-state index in [9.17, 15) is 19.3 Å². The molecule has 29 heavy (non-hydrogen) atoms. The zero-order chi connectivity index (χ0) is 21.1. The van der Waals surface area contributed by atoms with Crippen molar-refractivity contribution in [2.45, 2.75) is 20.4 Å². The fraction of sp³-hybridized carbons (Fsp3) is 0.200. The van der Waals surface area contributed by atoms with Gasteiger partial charge in [-0.1, -0.05) is 0 Å². The molecule has 9 heteroatoms. The third-order valence-electron chi connectivity index (χ3n) is 4.33. The summed E-state index contributed by atoms with van der Waals surface area (Å²) in [6.07, 6.45) is 0. The van der Waals surface area contributed by atoms with Crippen LogP contribution in [0.2, 0.25) is 0 Å². The van der Waals surface area contributed by atoms with Gasteiger partial charge in [0.1, 0.15) is 5.82 Å². The molecule has 0 aliphatic carbocycles. The standard InChI is InChI=1S/C20H18FN3O4S/c1-4-23-18(13-5-8-15(21)9-6-13)12(2)29-20(23)22-19(25)14-7-10-17(28-3)16(11-14)24(26)27/h5-11H,4H2,1-3H3. The van der Waals surface area contributed by atoms with E-state index in [1.165, 1.54) is 42.7 Å². The fourth-order valence-corrected chi connectivity index (χ4v) is 4.04. The van der Waals surface area contributed by atoms with Crippen molar-refractivity contribution in [3.63, 3.8) is 0 Å². The van der Waals surface area contributed by atoms with Gasteiger partial charge in [0.15, 0.2) is 10.6 Å². The number of thiazole rings is 1. The first kappa shape index (κ1) is 20.4. The molecule has 0 fully saturated rings. The smallest absolute Gasteiger partial charge is 0.311 e. The van der Waals surface area contributed by atoms with Gasteiger partial charge >= 0.3 is 5.69 Å². The zero-order valence-electron chi connectivity index (χ0n) is 16.0. The topological polar surface area (TPSA) is 86.7 Å². The van der Waals surface area contributed by atoms with Crippen LogP contribution in [-0.2, 0) is 6.54 Å². The van der Waals surface area contributed by atoms with Gasteiger partial charge < -0.3 is 9.30 Å². The number of nitro groups is 1. The Morgan fingerprint density at radius 3 is 2.55 bits per heavy atom. The lowest BCUT2D eigenvalue weighted by molar-refractivity contribution is -0.385. The number of nitrogens with zero attached hydrogens (tertiary/aromatic N) is 3. The third-order valence-corrected chi connectivity index (χ3v) is 5.33. The molecule has 7 nitrogen and oxygen atoms in total. The van der Waals surface area contributed by atoms with Gasteiger partial charge in [0.05, 0.1) is 17.7 Å². The molecule has 2 aromatic carbocycles. The van der Waals surface area contributed by atoms with Crippen LogP contribution in [0.3, 0.4) is 0 Å². The van der Waals surface area contributed by atoms with Crippen LogP contribution in [-0.4, -0.2) is 22.5 Å². The van der Waals surface area contributed by atoms with Crippen LogP contribution in [0.1, 0.15) is 22.2 Å². The molecule has 0 spiro atoms. The van der Waals surface area contributed by atoms with E-state index >= 15 is 0 Å². The van der Waals surface area contributed by atoms with Crippen molar-refractivity contribution >= 4 is 22.9 Å². The Balaban J connectivity index is 2.08. The minimum Gasteiger partial charge on any atom is -0.490 e. The first-order chi connectivity index (χ1) is 13.8. The van der Waals surface area contributed by atoms with Gasteiger partial charge in [0.2, 0.25) is 0 Å². The quantitative estimate of drug-likeness (QED) is 0.458. The molecule has 1 heterocycles. The predicted molar refractivity (Wildman–Crippen MR) is 108 cm³/mol. The molecule has 0 saturated heterocycles. The lowest BCUT2D eigenvalue weighted by Gasteiger charge is -2.07. The fourth-order valence-electron chi connectivity index (χ4n) is 2.99. The van der Waals surface area contributed by atoms with Gasteiger partial charge in [-0.2, -0.15) is 4.99 Å². The minimum atomic E-state index is -0.607. The molecule has 0 radical (unpaired) electrons. The molecule has 150 valence electrons. The second-order valence-electron chi connectivity index (χ2n) is 6.10. The van der Waals surface area contributed by atoms with E-state index in [1.807, 2.05) is 18.4 Å². The molecule has 3 rings (SSSR count). The van der Waals surface area contributed by atoms with E-state index in [-0.39, 0.29) is 22.8 Å². The molecule has 0 unspecified atom stereocenters. The van der Waals surface area contributed by atoms with E-state index < -0.39 is 10.8 Å². The van der Waals surface area contributed by atoms with E-state index in [1.54, 1.807) is 12.1 Å². The molecule has 3 aromatic rings. The third kappa shape index (κ3) is 4.09. The number of rotatable bonds is 5. The van der Waals surface area contributed by atoms with Gasteiger partial charge in [-0.25, -0.2) is 4.39 Å². The normalized spacial score (nSPS) is 11.5. The van der Waals surface area contributed by atoms with Gasteiger partial charge in [-0.15, -0.1) is 11.3 Å². The van der Waals surface area contributed by atoms with E-state index in [2.05, 4.69) is 4.99 Å². The molecule has 1 amide bonds. The molecule has 0 saturated carbocycles. The van der Waals surface area contributed by atoms with Crippen LogP contribution >= 0.6 is 11.3 Å². The number of aryl methyl sites for hydroxylation is 1. The average molecular weight is 415 g/mol. The number of methoxy groups -OCH3 is 1. The maximum atomic E-state index is 13.3. The Bertz CT molecular complexity index is 1150. The van der Waals surface area contributed by atoms with Crippen LogP contribution in [0.25, 0.3) is 11.3 Å². The Kier molecular flexibility index (Phi) is 5.88. The summed E-state index contributed by atoms with van der Waals surface area (Å²) in [5, 5.41) is 11.2. The number of aromatic nitrogens is 1. The Hall–Kier alpha value is -3.33. The van der Waals surface area contributed by atoms with Gasteiger partial charge in [-0.05, 0) is 55.8 Å². The number of hydrogen-bond acceptors (Lipinski definition) is 5. The largest absolute Gasteiger partial charge is 0.490 e. The first-order valence-corrected chi connectivity index (χ1v) is 9.55. The summed E-state index contributed by atoms with van der Waals surface area (Å²) in [4.78, 5) is 28.8. The molecular weight excluding hydrogens is 397 g/mol. The lowest BCUT2D eigenvalue weighted by Crippen LogP contribution is -2.17. The summed E-state index contributed by atoms with van der Waals surface area (Å²) in [7, 11) is 1.32. The Morgan fingerprint density at radius 2 is 1.97 bits per heavy atom. The maximum Gasteiger partial charge on any atom is 0.311 e. The molecule has 1 aromatic heterocycles. The maximum absolute atomic E-state index is 13.3. The van der Waals surface area contributed by atoms with Crippen molar-refractivity contribution in [2.75, 3.05) is 7.11 Å². The second-order valence-corrected chi connectivity index (χ2v) is 7.28. The molecule has 0 aliphatic heterocycles. The van der Waals surface area contributed by atoms with E-state index in [4.69, 9.17) is 4.74 Å². The molecule has 0 N–H and O–H groups in total. The number of hydrogen-bond donors (Lipinski definition) is 0. The summed E-state index contributed by atoms with van der Waals surface area (Å²) in [6.45, 7) is 4.37. The lowest BCUT2D eigenvalue weighted by atomic mass is 10.1. The Labute approximate surface area is 169 Å². The van der Waals surface area contributed by atoms with Gasteiger partial charge in [0, 0.05) is 23.1 Å². The summed E-state index contributed by atoms with van der Waals surface area (Å²) in [6, 6.07) is 10.1. The first-order valence-electron chi connectivity index (χ1n) is 8.73. The number of benzene rings is 2. The van der Waals surface area contributed by atoms with Crippen molar-refractivity contribution < 1.29 is 18.8 Å². The molecule has 0 atom stereocenters. The average Bonchev–Trinajstić information content (AvgIpc) is 3.02. The number of carbonyl (C=O) groups excluding carboxylic acids is 1. The highest BCUT2D eigenvalue weighted by Crippen LogP contribution is 2.28. The number of ether oxygens (including phenoxy) is 1. The highest BCUT2D eigenvalue weighted by atomic mass is 32.1. The van der Waals surface area contributed by atoms with Gasteiger partial charge in [0.25, 0.3) is 5.91 Å². The number of halogens is 1. The van der Waals surface area contributed by atoms with Crippen LogP contribution < -0.4 is 9.54 Å². The highest BCUT2D eigenvalue weighted by molar-refractivity contribution is 7.09. The predicted octanol–water partition coefficient (Wildman–Crippen LogP) is 4.34. The van der Waals surface area contributed by atoms with Crippen LogP contribution in [0, 0.1) is 22.9 Å². The summed E-state index contributed by atoms with van der Waals surface area (Å²) in [5.41, 5.74) is 1.46. The minimum absolute atomic E-state index is 0.0701. The highest BCUT2D eigenvalue weighted by Gasteiger charge is 2.19. The van der Waals surface area contributed by atoms with E-state index in [0.717, 1.165) is 22.2 Å². The monoisotopic (exact) mass is 415 g/mol. The Morgan fingerprint density at radius 1 is 1.28 bits per heavy atom. The number of nitro benzene ring substituents is 1. The van der Waals surface area contributed by atoms with Crippen molar-refractivity contribution in [3.05, 3.63) is 73.6 Å².